The summed E-state index contributed by atoms with van der Waals surface area (Å²) in [6, 6.07) is 0. The van der Waals surface area contributed by atoms with Gasteiger partial charge < -0.3 is 9.31 Å². The largest absolute Gasteiger partial charge is 0.490 e. The Morgan fingerprint density at radius 1 is 1.28 bits per heavy atom. The monoisotopic (exact) mass is 255 g/mol. The average molecular weight is 255 g/mol. The van der Waals surface area contributed by atoms with Crippen molar-refractivity contribution >= 4 is 7.12 Å². The number of nitrogens with zero attached hydrogens (tertiary/aromatic N) is 1. The van der Waals surface area contributed by atoms with Crippen LogP contribution in [0.1, 0.15) is 34.1 Å². The number of alkyl halides is 1. The lowest BCUT2D eigenvalue weighted by Crippen LogP contribution is -2.41. The molecular weight excluding hydrogens is 232 g/mol. The van der Waals surface area contributed by atoms with Crippen molar-refractivity contribution in [3.05, 3.63) is 11.5 Å². The first-order valence-electron chi connectivity index (χ1n) is 6.68. The van der Waals surface area contributed by atoms with Crippen molar-refractivity contribution in [2.45, 2.75) is 45.3 Å². The highest BCUT2D eigenvalue weighted by Crippen LogP contribution is 2.39. The Balaban J connectivity index is 1.99. The maximum absolute atomic E-state index is 12.3. The predicted molar refractivity (Wildman–Crippen MR) is 71.2 cm³/mol. The normalized spacial score (nSPS) is 27.4. The Bertz CT molecular complexity index is 328. The molecule has 18 heavy (non-hydrogen) atoms. The van der Waals surface area contributed by atoms with E-state index in [4.69, 9.17) is 9.31 Å². The second kappa shape index (κ2) is 4.95. The van der Waals surface area contributed by atoms with Crippen LogP contribution in [0.5, 0.6) is 0 Å². The second-order valence-corrected chi connectivity index (χ2v) is 6.11. The molecule has 1 fully saturated rings. The number of hydrogen-bond acceptors (Lipinski definition) is 3. The lowest BCUT2D eigenvalue weighted by Gasteiger charge is -2.32. The summed E-state index contributed by atoms with van der Waals surface area (Å²) >= 11 is 0. The van der Waals surface area contributed by atoms with Crippen LogP contribution in [-0.2, 0) is 9.31 Å². The standard InChI is InChI=1S/C13H23BFNO2/c1-12(2)13(3,4)18-14(17-12)11-5-8-16(9-6-11)10-7-15/h5H,6-10H2,1-4H3. The molecule has 0 spiro atoms. The van der Waals surface area contributed by atoms with Gasteiger partial charge in [-0.25, -0.2) is 4.39 Å². The minimum absolute atomic E-state index is 0.234. The molecule has 2 rings (SSSR count). The zero-order valence-electron chi connectivity index (χ0n) is 11.8. The minimum Gasteiger partial charge on any atom is -0.400 e. The van der Waals surface area contributed by atoms with E-state index in [1.807, 2.05) is 0 Å². The number of hydrogen-bond donors (Lipinski definition) is 0. The van der Waals surface area contributed by atoms with E-state index >= 15 is 0 Å². The zero-order valence-corrected chi connectivity index (χ0v) is 11.8. The lowest BCUT2D eigenvalue weighted by atomic mass is 9.75. The second-order valence-electron chi connectivity index (χ2n) is 6.11. The summed E-state index contributed by atoms with van der Waals surface area (Å²) < 4.78 is 24.3. The Kier molecular flexibility index (Phi) is 3.86. The predicted octanol–water partition coefficient (Wildman–Crippen LogP) is 2.22. The molecule has 0 atom stereocenters. The Hall–Kier alpha value is -0.385. The van der Waals surface area contributed by atoms with Crippen molar-refractivity contribution in [2.75, 3.05) is 26.3 Å². The molecule has 3 nitrogen and oxygen atoms in total. The van der Waals surface area contributed by atoms with Gasteiger partial charge in [0.15, 0.2) is 0 Å². The molecule has 0 aromatic heterocycles. The smallest absolute Gasteiger partial charge is 0.400 e. The van der Waals surface area contributed by atoms with Gasteiger partial charge in [0.2, 0.25) is 0 Å². The van der Waals surface area contributed by atoms with Crippen molar-refractivity contribution in [3.63, 3.8) is 0 Å². The molecular formula is C13H23BFNO2. The summed E-state index contributed by atoms with van der Waals surface area (Å²) in [6.45, 7) is 10.2. The van der Waals surface area contributed by atoms with Gasteiger partial charge in [0, 0.05) is 19.6 Å². The first-order chi connectivity index (χ1) is 8.36. The summed E-state index contributed by atoms with van der Waals surface area (Å²) in [4.78, 5) is 2.11. The Morgan fingerprint density at radius 2 is 1.89 bits per heavy atom. The fourth-order valence-electron chi connectivity index (χ4n) is 2.26. The third-order valence-corrected chi connectivity index (χ3v) is 4.29. The SMILES string of the molecule is CC1(C)OB(C2=CCN(CCF)CC2)OC1(C)C. The fourth-order valence-corrected chi connectivity index (χ4v) is 2.26. The van der Waals surface area contributed by atoms with Crippen LogP contribution in [0.3, 0.4) is 0 Å². The van der Waals surface area contributed by atoms with Crippen LogP contribution in [0.4, 0.5) is 4.39 Å². The van der Waals surface area contributed by atoms with Crippen molar-refractivity contribution in [3.8, 4) is 0 Å². The maximum atomic E-state index is 12.3. The van der Waals surface area contributed by atoms with Gasteiger partial charge in [-0.3, -0.25) is 4.90 Å². The van der Waals surface area contributed by atoms with Gasteiger partial charge >= 0.3 is 7.12 Å². The van der Waals surface area contributed by atoms with Crippen LogP contribution in [0.25, 0.3) is 0 Å². The highest BCUT2D eigenvalue weighted by Gasteiger charge is 2.52. The number of rotatable bonds is 3. The molecule has 5 heteroatoms. The lowest BCUT2D eigenvalue weighted by molar-refractivity contribution is 0.00578. The Labute approximate surface area is 109 Å². The highest BCUT2D eigenvalue weighted by molar-refractivity contribution is 6.54. The molecule has 0 unspecified atom stereocenters. The van der Waals surface area contributed by atoms with Crippen LogP contribution in [0.2, 0.25) is 0 Å². The molecule has 0 amide bonds. The van der Waals surface area contributed by atoms with Gasteiger partial charge in [0.05, 0.1) is 11.2 Å². The van der Waals surface area contributed by atoms with E-state index in [9.17, 15) is 4.39 Å². The topological polar surface area (TPSA) is 21.7 Å². The molecule has 2 heterocycles. The van der Waals surface area contributed by atoms with Crippen LogP contribution >= 0.6 is 0 Å². The summed E-state index contributed by atoms with van der Waals surface area (Å²) in [5.74, 6) is 0. The maximum Gasteiger partial charge on any atom is 0.490 e. The third-order valence-electron chi connectivity index (χ3n) is 4.29. The molecule has 0 bridgehead atoms. The molecule has 0 saturated carbocycles. The summed E-state index contributed by atoms with van der Waals surface area (Å²) in [5.41, 5.74) is 0.632. The van der Waals surface area contributed by atoms with Crippen LogP contribution < -0.4 is 0 Å². The van der Waals surface area contributed by atoms with Gasteiger partial charge in [0.25, 0.3) is 0 Å². The van der Waals surface area contributed by atoms with E-state index in [1.165, 1.54) is 5.47 Å². The molecule has 0 aliphatic carbocycles. The van der Waals surface area contributed by atoms with Crippen LogP contribution in [0, 0.1) is 0 Å². The van der Waals surface area contributed by atoms with Crippen molar-refractivity contribution in [2.24, 2.45) is 0 Å². The molecule has 0 N–H and O–H groups in total. The quantitative estimate of drug-likeness (QED) is 0.722. The van der Waals surface area contributed by atoms with Crippen molar-refractivity contribution in [1.29, 1.82) is 0 Å². The molecule has 2 aliphatic rings. The summed E-state index contributed by atoms with van der Waals surface area (Å²) in [6.07, 6.45) is 3.03. The fraction of sp³-hybridized carbons (Fsp3) is 0.846. The van der Waals surface area contributed by atoms with Gasteiger partial charge in [-0.05, 0) is 39.6 Å². The summed E-state index contributed by atoms with van der Waals surface area (Å²) in [7, 11) is -0.234. The molecule has 2 aliphatic heterocycles. The van der Waals surface area contributed by atoms with E-state index in [0.29, 0.717) is 6.54 Å². The van der Waals surface area contributed by atoms with Gasteiger partial charge in [-0.15, -0.1) is 0 Å². The summed E-state index contributed by atoms with van der Waals surface area (Å²) in [5, 5.41) is 0. The molecule has 1 saturated heterocycles. The molecule has 0 aromatic carbocycles. The number of halogens is 1. The van der Waals surface area contributed by atoms with Gasteiger partial charge in [-0.1, -0.05) is 6.08 Å². The minimum atomic E-state index is -0.283. The van der Waals surface area contributed by atoms with E-state index in [0.717, 1.165) is 19.5 Å². The van der Waals surface area contributed by atoms with Gasteiger partial charge in [-0.2, -0.15) is 0 Å². The molecule has 0 aromatic rings. The first kappa shape index (κ1) is 14.0. The highest BCUT2D eigenvalue weighted by atomic mass is 19.1. The van der Waals surface area contributed by atoms with Crippen molar-refractivity contribution in [1.82, 2.24) is 4.90 Å². The zero-order chi connectivity index (χ0) is 13.4. The van der Waals surface area contributed by atoms with Crippen LogP contribution in [-0.4, -0.2) is 49.5 Å². The van der Waals surface area contributed by atoms with E-state index in [1.54, 1.807) is 0 Å². The van der Waals surface area contributed by atoms with E-state index in [-0.39, 0.29) is 25.0 Å². The van der Waals surface area contributed by atoms with E-state index < -0.39 is 0 Å². The Morgan fingerprint density at radius 3 is 2.33 bits per heavy atom. The molecule has 102 valence electrons. The average Bonchev–Trinajstić information content (AvgIpc) is 2.50. The van der Waals surface area contributed by atoms with E-state index in [2.05, 4.69) is 38.7 Å². The van der Waals surface area contributed by atoms with Crippen LogP contribution in [0.15, 0.2) is 11.5 Å². The third kappa shape index (κ3) is 2.63. The first-order valence-corrected chi connectivity index (χ1v) is 6.68. The van der Waals surface area contributed by atoms with Gasteiger partial charge in [0.1, 0.15) is 6.67 Å². The molecule has 0 radical (unpaired) electrons. The van der Waals surface area contributed by atoms with Crippen molar-refractivity contribution < 1.29 is 13.7 Å².